The second-order valence-corrected chi connectivity index (χ2v) is 18.3. The summed E-state index contributed by atoms with van der Waals surface area (Å²) in [4.78, 5) is 2.57. The lowest BCUT2D eigenvalue weighted by molar-refractivity contribution is 0.590. The molecule has 8 aromatic carbocycles. The Kier molecular flexibility index (Phi) is 8.06. The first kappa shape index (κ1) is 36.1. The number of rotatable bonds is 7. The van der Waals surface area contributed by atoms with Crippen molar-refractivity contribution >= 4 is 72.9 Å². The number of hydrogen-bond acceptors (Lipinski definition) is 2. The minimum Gasteiger partial charge on any atom is -0.466 e. The van der Waals surface area contributed by atoms with Crippen LogP contribution in [0.3, 0.4) is 0 Å². The third-order valence-electron chi connectivity index (χ3n) is 13.6. The summed E-state index contributed by atoms with van der Waals surface area (Å²) in [6.07, 6.45) is 4.79. The van der Waals surface area contributed by atoms with Crippen LogP contribution >= 0.6 is 0 Å². The number of hydrogen-bond donors (Lipinski definition) is 0. The maximum Gasteiger partial charge on any atom is 0.375 e. The second kappa shape index (κ2) is 13.6. The zero-order chi connectivity index (χ0) is 41.0. The van der Waals surface area contributed by atoms with Crippen LogP contribution in [0.15, 0.2) is 168 Å². The Morgan fingerprint density at radius 3 is 2.13 bits per heavy atom. The molecule has 0 saturated heterocycles. The molecule has 61 heavy (non-hydrogen) atoms. The summed E-state index contributed by atoms with van der Waals surface area (Å²) in [6, 6.07) is 61.4. The first-order valence-corrected chi connectivity index (χ1v) is 22.1. The van der Waals surface area contributed by atoms with E-state index in [2.05, 4.69) is 201 Å². The minimum absolute atomic E-state index is 0.0557. The van der Waals surface area contributed by atoms with Crippen LogP contribution in [-0.4, -0.2) is 11.4 Å². The molecule has 0 bridgehead atoms. The molecule has 0 aliphatic carbocycles. The number of unbranched alkanes of at least 4 members (excludes halogenated alkanes) is 2. The van der Waals surface area contributed by atoms with Crippen molar-refractivity contribution in [3.05, 3.63) is 175 Å². The van der Waals surface area contributed by atoms with E-state index in [1.807, 2.05) is 0 Å². The number of fused-ring (bicyclic) bond motifs is 12. The molecule has 10 aromatic rings. The van der Waals surface area contributed by atoms with E-state index in [1.165, 1.54) is 113 Å². The van der Waals surface area contributed by atoms with Crippen LogP contribution in [0.25, 0.3) is 82.6 Å². The van der Waals surface area contributed by atoms with E-state index >= 15 is 0 Å². The molecule has 0 radical (unpaired) electrons. The SMILES string of the molecule is CCCCCc1ccc(N2B3c4oc5ccc(-c6ccccc6)cc5c4-n4c5c3c(cc(-c3ccc(C(C)(C)C)cc3)c5c3ccc5ccccc5c34)-c3ccccc32)cc1. The van der Waals surface area contributed by atoms with Gasteiger partial charge in [0.05, 0.1) is 16.7 Å². The molecule has 0 fully saturated rings. The van der Waals surface area contributed by atoms with Gasteiger partial charge in [0.15, 0.2) is 0 Å². The number of aryl methyl sites for hydroxylation is 1. The Morgan fingerprint density at radius 2 is 1.33 bits per heavy atom. The van der Waals surface area contributed by atoms with Gasteiger partial charge >= 0.3 is 6.85 Å². The molecule has 0 saturated carbocycles. The van der Waals surface area contributed by atoms with Gasteiger partial charge in [-0.3, -0.25) is 0 Å². The van der Waals surface area contributed by atoms with Crippen molar-refractivity contribution in [3.63, 3.8) is 0 Å². The molecule has 294 valence electrons. The third-order valence-corrected chi connectivity index (χ3v) is 13.6. The van der Waals surface area contributed by atoms with Crippen LogP contribution in [0.1, 0.15) is 58.1 Å². The molecule has 12 rings (SSSR count). The Morgan fingerprint density at radius 1 is 0.574 bits per heavy atom. The molecule has 0 N–H and O–H groups in total. The summed E-state index contributed by atoms with van der Waals surface area (Å²) in [6.45, 7) is 8.95. The number of aromatic nitrogens is 1. The molecule has 2 aromatic heterocycles. The zero-order valence-electron chi connectivity index (χ0n) is 35.3. The van der Waals surface area contributed by atoms with E-state index in [9.17, 15) is 0 Å². The van der Waals surface area contributed by atoms with Crippen molar-refractivity contribution in [2.45, 2.75) is 58.8 Å². The average Bonchev–Trinajstić information content (AvgIpc) is 3.85. The van der Waals surface area contributed by atoms with Gasteiger partial charge in [-0.1, -0.05) is 168 Å². The van der Waals surface area contributed by atoms with E-state index in [0.29, 0.717) is 0 Å². The molecule has 4 heterocycles. The Hall–Kier alpha value is -6.78. The molecule has 0 spiro atoms. The lowest BCUT2D eigenvalue weighted by Crippen LogP contribution is -2.60. The lowest BCUT2D eigenvalue weighted by atomic mass is 9.46. The Bertz CT molecular complexity index is 3350. The Labute approximate surface area is 358 Å². The highest BCUT2D eigenvalue weighted by Crippen LogP contribution is 2.50. The fourth-order valence-corrected chi connectivity index (χ4v) is 10.5. The molecule has 2 aliphatic heterocycles. The monoisotopic (exact) mass is 786 g/mol. The predicted molar refractivity (Wildman–Crippen MR) is 260 cm³/mol. The van der Waals surface area contributed by atoms with Crippen LogP contribution < -0.4 is 15.9 Å². The largest absolute Gasteiger partial charge is 0.466 e. The third kappa shape index (κ3) is 5.44. The van der Waals surface area contributed by atoms with Crippen molar-refractivity contribution < 1.29 is 4.42 Å². The van der Waals surface area contributed by atoms with E-state index < -0.39 is 0 Å². The van der Waals surface area contributed by atoms with E-state index in [1.54, 1.807) is 0 Å². The van der Waals surface area contributed by atoms with Crippen molar-refractivity contribution in [2.75, 3.05) is 4.81 Å². The van der Waals surface area contributed by atoms with E-state index in [4.69, 9.17) is 4.42 Å². The highest BCUT2D eigenvalue weighted by Gasteiger charge is 2.47. The molecule has 2 aliphatic rings. The molecule has 0 atom stereocenters. The maximum atomic E-state index is 7.35. The summed E-state index contributed by atoms with van der Waals surface area (Å²) in [5, 5.41) is 6.14. The van der Waals surface area contributed by atoms with Gasteiger partial charge in [0.2, 0.25) is 0 Å². The molecule has 4 heteroatoms. The van der Waals surface area contributed by atoms with Gasteiger partial charge in [0, 0.05) is 38.5 Å². The quantitative estimate of drug-likeness (QED) is 0.119. The summed E-state index contributed by atoms with van der Waals surface area (Å²) >= 11 is 0. The standard InChI is InChI=1S/C57H47BN2O/c1-5-6-8-15-36-22-30-42(31-23-36)60-49-21-14-13-20-44(49)47-35-46(39-24-28-41(29-25-39)57(2,3)4)51-45-32-26-38-18-11-12-19-43(38)53(45)59-54-48-34-40(37-16-9-7-10-17-37)27-33-50(48)61-56(54)58(60)52(47)55(51)59/h7,9-14,16-35H,5-6,8,15H2,1-4H3. The number of para-hydroxylation sites is 1. The fraction of sp³-hybridized carbons (Fsp3) is 0.158. The summed E-state index contributed by atoms with van der Waals surface area (Å²) in [7, 11) is 0. The van der Waals surface area contributed by atoms with Crippen molar-refractivity contribution in [1.29, 1.82) is 0 Å². The molecular weight excluding hydrogens is 739 g/mol. The highest BCUT2D eigenvalue weighted by molar-refractivity contribution is 6.93. The predicted octanol–water partition coefficient (Wildman–Crippen LogP) is 14.3. The first-order chi connectivity index (χ1) is 29.9. The maximum absolute atomic E-state index is 7.35. The molecule has 3 nitrogen and oxygen atoms in total. The molecule has 0 unspecified atom stereocenters. The Balaban J connectivity index is 1.24. The number of anilines is 2. The molecular formula is C57H47BN2O. The van der Waals surface area contributed by atoms with Gasteiger partial charge in [0.25, 0.3) is 0 Å². The van der Waals surface area contributed by atoms with Crippen LogP contribution in [0.4, 0.5) is 11.4 Å². The first-order valence-electron chi connectivity index (χ1n) is 22.1. The lowest BCUT2D eigenvalue weighted by Gasteiger charge is -2.40. The van der Waals surface area contributed by atoms with Gasteiger partial charge in [-0.15, -0.1) is 0 Å². The normalized spacial score (nSPS) is 13.1. The van der Waals surface area contributed by atoms with Gasteiger partial charge in [-0.05, 0) is 104 Å². The highest BCUT2D eigenvalue weighted by atomic mass is 16.3. The second-order valence-electron chi connectivity index (χ2n) is 18.3. The number of benzene rings is 8. The number of furan rings is 1. The van der Waals surface area contributed by atoms with Gasteiger partial charge in [-0.25, -0.2) is 0 Å². The van der Waals surface area contributed by atoms with Crippen LogP contribution in [0.5, 0.6) is 0 Å². The van der Waals surface area contributed by atoms with E-state index in [-0.39, 0.29) is 12.3 Å². The van der Waals surface area contributed by atoms with Crippen molar-refractivity contribution in [1.82, 2.24) is 4.57 Å². The molecule has 0 amide bonds. The fourth-order valence-electron chi connectivity index (χ4n) is 10.5. The van der Waals surface area contributed by atoms with Gasteiger partial charge in [-0.2, -0.15) is 0 Å². The van der Waals surface area contributed by atoms with Crippen molar-refractivity contribution in [2.24, 2.45) is 0 Å². The van der Waals surface area contributed by atoms with Crippen LogP contribution in [0.2, 0.25) is 0 Å². The topological polar surface area (TPSA) is 21.3 Å². The minimum atomic E-state index is -0.207. The number of nitrogens with zero attached hydrogens (tertiary/aromatic N) is 2. The van der Waals surface area contributed by atoms with Crippen LogP contribution in [-0.2, 0) is 11.8 Å². The van der Waals surface area contributed by atoms with Gasteiger partial charge < -0.3 is 13.8 Å². The average molecular weight is 787 g/mol. The smallest absolute Gasteiger partial charge is 0.375 e. The van der Waals surface area contributed by atoms with Crippen LogP contribution in [0, 0.1) is 0 Å². The van der Waals surface area contributed by atoms with E-state index in [0.717, 1.165) is 28.7 Å². The zero-order valence-corrected chi connectivity index (χ0v) is 35.3. The van der Waals surface area contributed by atoms with Gasteiger partial charge in [0.1, 0.15) is 11.2 Å². The summed E-state index contributed by atoms with van der Waals surface area (Å²) < 4.78 is 9.95. The van der Waals surface area contributed by atoms with Crippen molar-refractivity contribution in [3.8, 4) is 39.1 Å². The summed E-state index contributed by atoms with van der Waals surface area (Å²) in [5.41, 5.74) is 19.3. The summed E-state index contributed by atoms with van der Waals surface area (Å²) in [5.74, 6) is 0.